The molecule has 0 saturated carbocycles. The van der Waals surface area contributed by atoms with Crippen molar-refractivity contribution < 1.29 is 14.3 Å². The summed E-state index contributed by atoms with van der Waals surface area (Å²) in [6.45, 7) is 9.39. The fraction of sp³-hybridized carbons (Fsp3) is 0.938. The van der Waals surface area contributed by atoms with Crippen LogP contribution in [0, 0.1) is 11.8 Å². The second kappa shape index (κ2) is 12.3. The Morgan fingerprint density at radius 2 is 1.47 bits per heavy atom. The van der Waals surface area contributed by atoms with E-state index in [9.17, 15) is 4.79 Å². The van der Waals surface area contributed by atoms with E-state index in [0.29, 0.717) is 25.0 Å². The van der Waals surface area contributed by atoms with Crippen molar-refractivity contribution in [3.05, 3.63) is 0 Å². The van der Waals surface area contributed by atoms with Crippen molar-refractivity contribution in [1.82, 2.24) is 0 Å². The molecule has 0 aromatic carbocycles. The highest BCUT2D eigenvalue weighted by atomic mass is 16.7. The molecule has 0 bridgehead atoms. The van der Waals surface area contributed by atoms with Crippen molar-refractivity contribution in [2.24, 2.45) is 11.8 Å². The zero-order valence-electron chi connectivity index (χ0n) is 13.2. The van der Waals surface area contributed by atoms with E-state index in [1.807, 2.05) is 13.8 Å². The molecular weight excluding hydrogens is 240 g/mol. The molecule has 0 aliphatic heterocycles. The zero-order valence-corrected chi connectivity index (χ0v) is 13.2. The molecule has 0 aliphatic rings. The Hall–Kier alpha value is -0.730. The summed E-state index contributed by atoms with van der Waals surface area (Å²) in [4.78, 5) is 11.4. The Kier molecular flexibility index (Phi) is 11.8. The van der Waals surface area contributed by atoms with Crippen molar-refractivity contribution in [2.45, 2.75) is 72.6 Å². The summed E-state index contributed by atoms with van der Waals surface area (Å²) in [5.74, 6) is 0.853. The van der Waals surface area contributed by atoms with Gasteiger partial charge in [0.2, 0.25) is 0 Å². The molecule has 0 amide bonds. The Morgan fingerprint density at radius 1 is 0.895 bits per heavy atom. The van der Waals surface area contributed by atoms with Crippen LogP contribution in [0.25, 0.3) is 0 Å². The largest absolute Gasteiger partial charge is 0.508 e. The number of ether oxygens (including phenoxy) is 2. The van der Waals surface area contributed by atoms with E-state index < -0.39 is 6.16 Å². The van der Waals surface area contributed by atoms with Crippen molar-refractivity contribution in [3.8, 4) is 0 Å². The first kappa shape index (κ1) is 18.3. The minimum absolute atomic E-state index is 0.355. The number of hydrogen-bond donors (Lipinski definition) is 0. The Balaban J connectivity index is 3.85. The number of carbonyl (C=O) groups excluding carboxylic acids is 1. The maximum Gasteiger partial charge on any atom is 0.508 e. The van der Waals surface area contributed by atoms with Crippen LogP contribution in [0.1, 0.15) is 72.6 Å². The average molecular weight is 272 g/mol. The predicted molar refractivity (Wildman–Crippen MR) is 79.3 cm³/mol. The molecule has 19 heavy (non-hydrogen) atoms. The van der Waals surface area contributed by atoms with Gasteiger partial charge in [-0.05, 0) is 24.7 Å². The molecule has 0 aromatic heterocycles. The van der Waals surface area contributed by atoms with E-state index in [-0.39, 0.29) is 0 Å². The Labute approximate surface area is 119 Å². The zero-order chi connectivity index (χ0) is 14.5. The van der Waals surface area contributed by atoms with Crippen molar-refractivity contribution in [3.63, 3.8) is 0 Å². The lowest BCUT2D eigenvalue weighted by atomic mass is 9.96. The third-order valence-electron chi connectivity index (χ3n) is 3.15. The average Bonchev–Trinajstić information content (AvgIpc) is 2.39. The third kappa shape index (κ3) is 12.1. The molecule has 0 spiro atoms. The van der Waals surface area contributed by atoms with Gasteiger partial charge in [0.1, 0.15) is 0 Å². The second-order valence-corrected chi connectivity index (χ2v) is 5.77. The number of unbranched alkanes of at least 4 members (excludes halogenated alkanes) is 3. The van der Waals surface area contributed by atoms with Crippen LogP contribution in [-0.2, 0) is 9.47 Å². The fourth-order valence-corrected chi connectivity index (χ4v) is 1.95. The topological polar surface area (TPSA) is 35.5 Å². The fourth-order valence-electron chi connectivity index (χ4n) is 1.95. The highest BCUT2D eigenvalue weighted by molar-refractivity contribution is 5.59. The molecule has 0 aliphatic carbocycles. The minimum atomic E-state index is -0.509. The van der Waals surface area contributed by atoms with Crippen molar-refractivity contribution in [2.75, 3.05) is 13.2 Å². The van der Waals surface area contributed by atoms with Crippen molar-refractivity contribution in [1.29, 1.82) is 0 Å². The summed E-state index contributed by atoms with van der Waals surface area (Å²) in [6.07, 6.45) is 7.94. The van der Waals surface area contributed by atoms with Gasteiger partial charge in [-0.15, -0.1) is 0 Å². The molecule has 0 saturated heterocycles. The first-order valence-electron chi connectivity index (χ1n) is 7.89. The summed E-state index contributed by atoms with van der Waals surface area (Å²) in [5, 5.41) is 0. The van der Waals surface area contributed by atoms with E-state index in [4.69, 9.17) is 9.47 Å². The van der Waals surface area contributed by atoms with Crippen LogP contribution in [0.5, 0.6) is 0 Å². The van der Waals surface area contributed by atoms with Gasteiger partial charge in [0, 0.05) is 0 Å². The normalized spacial score (nSPS) is 12.5. The maximum atomic E-state index is 11.4. The van der Waals surface area contributed by atoms with Crippen LogP contribution in [0.15, 0.2) is 0 Å². The summed E-state index contributed by atoms with van der Waals surface area (Å²) in [7, 11) is 0. The van der Waals surface area contributed by atoms with Gasteiger partial charge >= 0.3 is 6.16 Å². The lowest BCUT2D eigenvalue weighted by Gasteiger charge is -2.16. The van der Waals surface area contributed by atoms with Gasteiger partial charge in [-0.25, -0.2) is 4.79 Å². The molecule has 0 N–H and O–H groups in total. The van der Waals surface area contributed by atoms with Crippen LogP contribution in [0.4, 0.5) is 4.79 Å². The summed E-state index contributed by atoms with van der Waals surface area (Å²) in [6, 6.07) is 0. The monoisotopic (exact) mass is 272 g/mol. The van der Waals surface area contributed by atoms with Gasteiger partial charge in [0.05, 0.1) is 13.2 Å². The quantitative estimate of drug-likeness (QED) is 0.384. The van der Waals surface area contributed by atoms with E-state index in [1.54, 1.807) is 0 Å². The lowest BCUT2D eigenvalue weighted by Crippen LogP contribution is -2.17. The predicted octanol–water partition coefficient (Wildman–Crippen LogP) is 5.18. The molecule has 1 unspecified atom stereocenters. The molecule has 0 heterocycles. The third-order valence-corrected chi connectivity index (χ3v) is 3.15. The molecule has 0 aromatic rings. The molecule has 114 valence electrons. The standard InChI is InChI=1S/C16H32O3/c1-5-7-9-11-15(10-8-6-2)13-19-16(17)18-12-14(3)4/h14-15H,5-13H2,1-4H3. The van der Waals surface area contributed by atoms with Crippen LogP contribution in [0.2, 0.25) is 0 Å². The van der Waals surface area contributed by atoms with Gasteiger partial charge in [0.15, 0.2) is 0 Å². The van der Waals surface area contributed by atoms with E-state index >= 15 is 0 Å². The van der Waals surface area contributed by atoms with Crippen LogP contribution < -0.4 is 0 Å². The maximum absolute atomic E-state index is 11.4. The summed E-state index contributed by atoms with van der Waals surface area (Å²) in [5.41, 5.74) is 0. The molecule has 0 radical (unpaired) electrons. The van der Waals surface area contributed by atoms with Crippen LogP contribution in [-0.4, -0.2) is 19.4 Å². The van der Waals surface area contributed by atoms with Gasteiger partial charge < -0.3 is 9.47 Å². The number of hydrogen-bond acceptors (Lipinski definition) is 3. The van der Waals surface area contributed by atoms with Gasteiger partial charge in [-0.3, -0.25) is 0 Å². The Morgan fingerprint density at radius 3 is 2.05 bits per heavy atom. The summed E-state index contributed by atoms with van der Waals surface area (Å²) >= 11 is 0. The molecule has 0 fully saturated rings. The minimum Gasteiger partial charge on any atom is -0.434 e. The molecular formula is C16H32O3. The van der Waals surface area contributed by atoms with E-state index in [0.717, 1.165) is 12.8 Å². The lowest BCUT2D eigenvalue weighted by molar-refractivity contribution is 0.0351. The first-order valence-corrected chi connectivity index (χ1v) is 7.89. The van der Waals surface area contributed by atoms with E-state index in [1.165, 1.54) is 32.1 Å². The molecule has 1 atom stereocenters. The highest BCUT2D eigenvalue weighted by Gasteiger charge is 2.12. The van der Waals surface area contributed by atoms with Crippen LogP contribution in [0.3, 0.4) is 0 Å². The summed E-state index contributed by atoms with van der Waals surface area (Å²) < 4.78 is 10.2. The van der Waals surface area contributed by atoms with Crippen molar-refractivity contribution >= 4 is 6.16 Å². The molecule has 3 nitrogen and oxygen atoms in total. The van der Waals surface area contributed by atoms with Gasteiger partial charge in [-0.2, -0.15) is 0 Å². The molecule has 3 heteroatoms. The first-order chi connectivity index (χ1) is 9.10. The van der Waals surface area contributed by atoms with Crippen LogP contribution >= 0.6 is 0 Å². The van der Waals surface area contributed by atoms with E-state index in [2.05, 4.69) is 13.8 Å². The second-order valence-electron chi connectivity index (χ2n) is 5.77. The smallest absolute Gasteiger partial charge is 0.434 e. The Bertz CT molecular complexity index is 214. The number of rotatable bonds is 11. The SMILES string of the molecule is CCCCCC(CCCC)COC(=O)OCC(C)C. The van der Waals surface area contributed by atoms with Gasteiger partial charge in [-0.1, -0.05) is 59.8 Å². The van der Waals surface area contributed by atoms with Gasteiger partial charge in [0.25, 0.3) is 0 Å². The highest BCUT2D eigenvalue weighted by Crippen LogP contribution is 2.17. The number of carbonyl (C=O) groups is 1. The molecule has 0 rings (SSSR count).